The second kappa shape index (κ2) is 9.18. The van der Waals surface area contributed by atoms with Gasteiger partial charge in [0.15, 0.2) is 15.0 Å². The van der Waals surface area contributed by atoms with Crippen molar-refractivity contribution in [2.24, 2.45) is 12.2 Å². The molecule has 1 amide bonds. The molecule has 0 saturated heterocycles. The van der Waals surface area contributed by atoms with Crippen LogP contribution in [0.1, 0.15) is 5.82 Å². The lowest BCUT2D eigenvalue weighted by Crippen LogP contribution is -2.15. The molecule has 0 aliphatic carbocycles. The van der Waals surface area contributed by atoms with E-state index in [9.17, 15) is 21.6 Å². The molecule has 0 unspecified atom stereocenters. The lowest BCUT2D eigenvalue weighted by molar-refractivity contribution is -0.113. The molecule has 1 heterocycles. The molecule has 0 fully saturated rings. The van der Waals surface area contributed by atoms with Crippen LogP contribution in [0, 0.1) is 0 Å². The van der Waals surface area contributed by atoms with Crippen molar-refractivity contribution in [3.05, 3.63) is 60.4 Å². The number of anilines is 1. The van der Waals surface area contributed by atoms with Crippen LogP contribution in [0.4, 0.5) is 5.69 Å². The number of carbonyl (C=O) groups excluding carboxylic acids is 1. The van der Waals surface area contributed by atoms with E-state index in [4.69, 9.17) is 5.14 Å². The molecule has 3 N–H and O–H groups in total. The van der Waals surface area contributed by atoms with Crippen LogP contribution in [0.25, 0.3) is 0 Å². The van der Waals surface area contributed by atoms with Gasteiger partial charge in [-0.1, -0.05) is 30.0 Å². The summed E-state index contributed by atoms with van der Waals surface area (Å²) in [4.78, 5) is 12.3. The predicted octanol–water partition coefficient (Wildman–Crippen LogP) is 1.17. The van der Waals surface area contributed by atoms with Gasteiger partial charge in [0.25, 0.3) is 0 Å². The number of carbonyl (C=O) groups is 1. The minimum atomic E-state index is -3.81. The number of nitrogens with one attached hydrogen (secondary N) is 1. The van der Waals surface area contributed by atoms with Gasteiger partial charge in [-0.3, -0.25) is 4.79 Å². The highest BCUT2D eigenvalue weighted by atomic mass is 32.2. The minimum absolute atomic E-state index is 0.00561. The number of aromatic nitrogens is 3. The van der Waals surface area contributed by atoms with Gasteiger partial charge in [0.05, 0.1) is 15.5 Å². The first-order chi connectivity index (χ1) is 14.6. The summed E-state index contributed by atoms with van der Waals surface area (Å²) in [6.07, 6.45) is 0. The smallest absolute Gasteiger partial charge is 0.238 e. The molecule has 0 radical (unpaired) electrons. The van der Waals surface area contributed by atoms with Crippen molar-refractivity contribution in [1.29, 1.82) is 0 Å². The maximum atomic E-state index is 12.5. The minimum Gasteiger partial charge on any atom is -0.325 e. The van der Waals surface area contributed by atoms with E-state index in [0.29, 0.717) is 10.8 Å². The van der Waals surface area contributed by atoms with Crippen LogP contribution in [0.2, 0.25) is 0 Å². The lowest BCUT2D eigenvalue weighted by atomic mass is 10.3. The van der Waals surface area contributed by atoms with Crippen LogP contribution in [0.3, 0.4) is 0 Å². The SMILES string of the molecule is Cn1c(CS(=O)(=O)c2ccccc2)nnc1SCC(=O)Nc1ccc(S(N)(=O)=O)cc1. The van der Waals surface area contributed by atoms with Crippen molar-refractivity contribution in [3.63, 3.8) is 0 Å². The number of benzene rings is 2. The van der Waals surface area contributed by atoms with Crippen LogP contribution < -0.4 is 10.5 Å². The molecular formula is C18H19N5O5S3. The van der Waals surface area contributed by atoms with Crippen molar-refractivity contribution >= 4 is 43.2 Å². The van der Waals surface area contributed by atoms with Crippen LogP contribution in [0.5, 0.6) is 0 Å². The topological polar surface area (TPSA) is 154 Å². The van der Waals surface area contributed by atoms with Gasteiger partial charge in [0.2, 0.25) is 15.9 Å². The molecular weight excluding hydrogens is 462 g/mol. The average Bonchev–Trinajstić information content (AvgIpc) is 3.06. The molecule has 0 spiro atoms. The zero-order valence-corrected chi connectivity index (χ0v) is 18.7. The highest BCUT2D eigenvalue weighted by Gasteiger charge is 2.20. The number of hydrogen-bond acceptors (Lipinski definition) is 8. The van der Waals surface area contributed by atoms with E-state index >= 15 is 0 Å². The maximum Gasteiger partial charge on any atom is 0.238 e. The first-order valence-corrected chi connectivity index (χ1v) is 13.0. The van der Waals surface area contributed by atoms with Gasteiger partial charge >= 0.3 is 0 Å². The third-order valence-corrected chi connectivity index (χ3v) is 7.72. The van der Waals surface area contributed by atoms with Crippen LogP contribution in [-0.4, -0.2) is 43.3 Å². The Balaban J connectivity index is 1.60. The number of primary sulfonamides is 1. The summed E-state index contributed by atoms with van der Waals surface area (Å²) in [5.41, 5.74) is 0.408. The van der Waals surface area contributed by atoms with Crippen molar-refractivity contribution in [3.8, 4) is 0 Å². The zero-order chi connectivity index (χ0) is 22.6. The van der Waals surface area contributed by atoms with E-state index in [0.717, 1.165) is 11.8 Å². The first-order valence-electron chi connectivity index (χ1n) is 8.78. The normalized spacial score (nSPS) is 11.9. The summed E-state index contributed by atoms with van der Waals surface area (Å²) in [5.74, 6) is -0.418. The molecule has 0 aliphatic heterocycles. The molecule has 0 atom stereocenters. The third kappa shape index (κ3) is 5.91. The molecule has 164 valence electrons. The van der Waals surface area contributed by atoms with Crippen LogP contribution in [0.15, 0.2) is 69.5 Å². The van der Waals surface area contributed by atoms with Crippen LogP contribution in [-0.2, 0) is 37.5 Å². The largest absolute Gasteiger partial charge is 0.325 e. The number of amides is 1. The van der Waals surface area contributed by atoms with Gasteiger partial charge in [-0.25, -0.2) is 22.0 Å². The fraction of sp³-hybridized carbons (Fsp3) is 0.167. The van der Waals surface area contributed by atoms with Crippen molar-refractivity contribution in [2.45, 2.75) is 20.7 Å². The number of sulfonamides is 1. The molecule has 10 nitrogen and oxygen atoms in total. The van der Waals surface area contributed by atoms with Gasteiger partial charge in [0, 0.05) is 12.7 Å². The summed E-state index contributed by atoms with van der Waals surface area (Å²) in [6, 6.07) is 13.5. The Morgan fingerprint density at radius 3 is 2.26 bits per heavy atom. The number of rotatable bonds is 8. The van der Waals surface area contributed by atoms with E-state index in [1.165, 1.54) is 41.0 Å². The van der Waals surface area contributed by atoms with E-state index < -0.39 is 19.9 Å². The van der Waals surface area contributed by atoms with Gasteiger partial charge in [-0.15, -0.1) is 10.2 Å². The van der Waals surface area contributed by atoms with Gasteiger partial charge in [0.1, 0.15) is 11.6 Å². The predicted molar refractivity (Wildman–Crippen MR) is 116 cm³/mol. The molecule has 3 aromatic rings. The fourth-order valence-electron chi connectivity index (χ4n) is 2.53. The quantitative estimate of drug-likeness (QED) is 0.454. The number of sulfone groups is 1. The summed E-state index contributed by atoms with van der Waals surface area (Å²) >= 11 is 1.09. The summed E-state index contributed by atoms with van der Waals surface area (Å²) in [5, 5.41) is 15.9. The summed E-state index contributed by atoms with van der Waals surface area (Å²) < 4.78 is 49.1. The Kier molecular flexibility index (Phi) is 6.79. The first kappa shape index (κ1) is 22.9. The standard InChI is InChI=1S/C18H19N5O5S3/c1-23-16(12-30(25,26)14-5-3-2-4-6-14)21-22-18(23)29-11-17(24)20-13-7-9-15(10-8-13)31(19,27)28/h2-10H,11-12H2,1H3,(H,20,24)(H2,19,27,28). The van der Waals surface area contributed by atoms with Crippen molar-refractivity contribution in [2.75, 3.05) is 11.1 Å². The molecule has 1 aromatic heterocycles. The number of nitrogens with zero attached hydrogens (tertiary/aromatic N) is 3. The number of nitrogens with two attached hydrogens (primary N) is 1. The van der Waals surface area contributed by atoms with E-state index in [1.807, 2.05) is 0 Å². The molecule has 13 heteroatoms. The lowest BCUT2D eigenvalue weighted by Gasteiger charge is -2.07. The molecule has 0 bridgehead atoms. The molecule has 0 aliphatic rings. The highest BCUT2D eigenvalue weighted by molar-refractivity contribution is 7.99. The fourth-order valence-corrected chi connectivity index (χ4v) is 5.11. The average molecular weight is 482 g/mol. The Morgan fingerprint density at radius 1 is 1.00 bits per heavy atom. The monoisotopic (exact) mass is 481 g/mol. The number of thioether (sulfide) groups is 1. The molecule has 3 rings (SSSR count). The zero-order valence-electron chi connectivity index (χ0n) is 16.3. The molecule has 31 heavy (non-hydrogen) atoms. The van der Waals surface area contributed by atoms with Crippen LogP contribution >= 0.6 is 11.8 Å². The summed E-state index contributed by atoms with van der Waals surface area (Å²) in [7, 11) is -5.75. The van der Waals surface area contributed by atoms with Crippen molar-refractivity contribution in [1.82, 2.24) is 14.8 Å². The Bertz CT molecular complexity index is 1290. The third-order valence-electron chi connectivity index (χ3n) is 4.15. The number of hydrogen-bond donors (Lipinski definition) is 2. The summed E-state index contributed by atoms with van der Waals surface area (Å²) in [6.45, 7) is 0. The molecule has 2 aromatic carbocycles. The van der Waals surface area contributed by atoms with E-state index in [1.54, 1.807) is 25.2 Å². The Morgan fingerprint density at radius 2 is 1.65 bits per heavy atom. The van der Waals surface area contributed by atoms with Gasteiger partial charge in [-0.2, -0.15) is 0 Å². The second-order valence-corrected chi connectivity index (χ2v) is 10.9. The van der Waals surface area contributed by atoms with Crippen molar-refractivity contribution < 1.29 is 21.6 Å². The van der Waals surface area contributed by atoms with Gasteiger partial charge in [-0.05, 0) is 36.4 Å². The Labute approximate surface area is 183 Å². The highest BCUT2D eigenvalue weighted by Crippen LogP contribution is 2.20. The van der Waals surface area contributed by atoms with E-state index in [-0.39, 0.29) is 33.0 Å². The van der Waals surface area contributed by atoms with E-state index in [2.05, 4.69) is 15.5 Å². The Hall–Kier alpha value is -2.74. The molecule has 0 saturated carbocycles. The maximum absolute atomic E-state index is 12.5. The van der Waals surface area contributed by atoms with Gasteiger partial charge < -0.3 is 9.88 Å². The second-order valence-electron chi connectivity index (χ2n) is 6.44.